The lowest BCUT2D eigenvalue weighted by Gasteiger charge is -2.67. The van der Waals surface area contributed by atoms with E-state index in [0.717, 1.165) is 0 Å². The van der Waals surface area contributed by atoms with Crippen LogP contribution in [0, 0.1) is 63.6 Å². The van der Waals surface area contributed by atoms with Crippen LogP contribution in [0.5, 0.6) is 0 Å². The smallest absolute Gasteiger partial charge is 0.341 e. The van der Waals surface area contributed by atoms with Crippen LogP contribution < -0.4 is 0 Å². The van der Waals surface area contributed by atoms with Crippen LogP contribution in [0.25, 0.3) is 0 Å². The Bertz CT molecular complexity index is 1380. The number of hydrogen-bond acceptors (Lipinski definition) is 12. The molecule has 4 N–H and O–H groups in total. The molecule has 5 saturated carbocycles. The molecule has 12 nitrogen and oxygen atoms in total. The number of carbonyl (C=O) groups excluding carboxylic acids is 3. The van der Waals surface area contributed by atoms with Crippen molar-refractivity contribution >= 4 is 17.9 Å². The average Bonchev–Trinajstić information content (AvgIpc) is 3.84. The molecule has 0 aromatic rings. The topological polar surface area (TPSA) is 185 Å². The van der Waals surface area contributed by atoms with E-state index < -0.39 is 124 Å². The number of aliphatic hydroxyl groups excluding tert-OH is 3. The summed E-state index contributed by atoms with van der Waals surface area (Å²) in [5.41, 5.74) is -5.25. The molecule has 0 bridgehead atoms. The first-order valence-electron chi connectivity index (χ1n) is 16.5. The van der Waals surface area contributed by atoms with Crippen molar-refractivity contribution in [1.82, 2.24) is 0 Å². The van der Waals surface area contributed by atoms with Crippen molar-refractivity contribution in [3.63, 3.8) is 0 Å². The number of esters is 3. The van der Waals surface area contributed by atoms with Gasteiger partial charge in [-0.15, -0.1) is 0 Å². The lowest BCUT2D eigenvalue weighted by Crippen LogP contribution is -2.73. The number of epoxide rings is 2. The Kier molecular flexibility index (Phi) is 5.83. The summed E-state index contributed by atoms with van der Waals surface area (Å²) in [5.74, 6) is -7.51. The normalized spacial score (nSPS) is 64.6. The largest absolute Gasteiger partial charge is 0.462 e. The van der Waals surface area contributed by atoms with Crippen LogP contribution in [-0.2, 0) is 38.1 Å². The van der Waals surface area contributed by atoms with Crippen LogP contribution in [0.4, 0.5) is 0 Å². The van der Waals surface area contributed by atoms with E-state index in [1.54, 1.807) is 6.92 Å². The molecule has 3 aliphatic heterocycles. The van der Waals surface area contributed by atoms with Gasteiger partial charge in [0, 0.05) is 30.6 Å². The molecule has 0 amide bonds. The molecule has 8 rings (SSSR count). The monoisotopic (exact) mass is 634 g/mol. The molecule has 0 unspecified atom stereocenters. The van der Waals surface area contributed by atoms with Gasteiger partial charge in [0.2, 0.25) is 5.79 Å². The summed E-state index contributed by atoms with van der Waals surface area (Å²) < 4.78 is 30.2. The number of aliphatic hydroxyl groups is 4. The molecule has 8 aliphatic rings. The van der Waals surface area contributed by atoms with Gasteiger partial charge in [-0.1, -0.05) is 27.7 Å². The lowest BCUT2D eigenvalue weighted by atomic mass is 9.39. The third kappa shape index (κ3) is 3.10. The summed E-state index contributed by atoms with van der Waals surface area (Å²) >= 11 is 0. The fraction of sp³-hybridized carbons (Fsp3) is 0.909. The molecule has 250 valence electrons. The minimum Gasteiger partial charge on any atom is -0.462 e. The van der Waals surface area contributed by atoms with Crippen LogP contribution >= 0.6 is 0 Å². The van der Waals surface area contributed by atoms with Crippen molar-refractivity contribution in [3.8, 4) is 0 Å². The Morgan fingerprint density at radius 3 is 2.07 bits per heavy atom. The van der Waals surface area contributed by atoms with E-state index in [2.05, 4.69) is 0 Å². The summed E-state index contributed by atoms with van der Waals surface area (Å²) in [4.78, 5) is 38.6. The minimum absolute atomic E-state index is 0.204. The first kappa shape index (κ1) is 30.5. The Hall–Kier alpha value is -1.83. The van der Waals surface area contributed by atoms with Gasteiger partial charge in [-0.25, -0.2) is 4.79 Å². The summed E-state index contributed by atoms with van der Waals surface area (Å²) in [7, 11) is 0. The van der Waals surface area contributed by atoms with Crippen molar-refractivity contribution < 1.29 is 58.5 Å². The second-order valence-corrected chi connectivity index (χ2v) is 16.5. The third-order valence-electron chi connectivity index (χ3n) is 15.0. The predicted octanol–water partition coefficient (Wildman–Crippen LogP) is 0.549. The Balaban J connectivity index is 1.34. The van der Waals surface area contributed by atoms with Gasteiger partial charge in [-0.2, -0.15) is 0 Å². The summed E-state index contributed by atoms with van der Waals surface area (Å²) in [6, 6.07) is 0. The molecular formula is C33H46O12. The van der Waals surface area contributed by atoms with Gasteiger partial charge in [0.15, 0.2) is 5.60 Å². The van der Waals surface area contributed by atoms with Crippen molar-refractivity contribution in [2.75, 3.05) is 0 Å². The number of carbonyl (C=O) groups is 3. The van der Waals surface area contributed by atoms with Gasteiger partial charge in [-0.05, 0) is 61.7 Å². The van der Waals surface area contributed by atoms with E-state index in [0.29, 0.717) is 6.42 Å². The van der Waals surface area contributed by atoms with Gasteiger partial charge in [0.1, 0.15) is 24.4 Å². The zero-order valence-electron chi connectivity index (χ0n) is 27.0. The molecule has 0 aromatic carbocycles. The highest BCUT2D eigenvalue weighted by Gasteiger charge is 2.92. The van der Waals surface area contributed by atoms with Crippen molar-refractivity contribution in [2.24, 2.45) is 63.6 Å². The van der Waals surface area contributed by atoms with Gasteiger partial charge in [0.05, 0.1) is 29.8 Å². The van der Waals surface area contributed by atoms with Crippen LogP contribution in [0.2, 0.25) is 0 Å². The molecule has 3 saturated heterocycles. The van der Waals surface area contributed by atoms with Crippen LogP contribution in [0.15, 0.2) is 0 Å². The molecule has 12 heteroatoms. The molecule has 8 fully saturated rings. The maximum atomic E-state index is 13.2. The molecular weight excluding hydrogens is 588 g/mol. The highest BCUT2D eigenvalue weighted by Crippen LogP contribution is 2.81. The SMILES string of the molecule is CC(=O)O[C@H]1[C@@H](C)[C@H]2[C@@H]([C@@H](O)[C@@H](O)[C@H]3C[C@@H]4O[C@@H]4[C@H](OC(C)=O)[C@]23C)[C@@H]2[C@@H](O)[C@@H]3[C@H]([C@H](C)[C@H]4O[C@]45OC(=O)[C@@](C)(O)[C@]35C)[C@]21C. The highest BCUT2D eigenvalue weighted by atomic mass is 16.8. The van der Waals surface area contributed by atoms with E-state index in [1.807, 2.05) is 27.7 Å². The second-order valence-electron chi connectivity index (χ2n) is 16.5. The molecule has 5 aliphatic carbocycles. The Morgan fingerprint density at radius 2 is 1.44 bits per heavy atom. The molecule has 0 radical (unpaired) electrons. The van der Waals surface area contributed by atoms with Crippen LogP contribution in [0.3, 0.4) is 0 Å². The summed E-state index contributed by atoms with van der Waals surface area (Å²) in [5, 5.41) is 48.6. The summed E-state index contributed by atoms with van der Waals surface area (Å²) in [6.07, 6.45) is -5.79. The van der Waals surface area contributed by atoms with Crippen LogP contribution in [-0.4, -0.2) is 98.6 Å². The Morgan fingerprint density at radius 1 is 0.822 bits per heavy atom. The van der Waals surface area contributed by atoms with Gasteiger partial charge in [-0.3, -0.25) is 9.59 Å². The standard InChI is InChI=1S/C33H46O12/c1-10-17-16(22(37)21(36)14-9-15-24(43-15)27(29(14,17)5)42-13(4)35)19-23(38)20-18(30(19,6)25(10)41-12(3)34)11(2)26-33(44-26)31(20,7)32(8,40)28(39)45-33/h10-11,14-27,36-38,40H,9H2,1-8H3/t10-,11-,14+,15-,16+,17-,18-,19+,20-,21-,22+,23+,24-,25-,26+,27-,29-,30+,31-,32+,33-/m0/s1. The van der Waals surface area contributed by atoms with Crippen molar-refractivity contribution in [1.29, 1.82) is 0 Å². The number of ether oxygens (including phenoxy) is 5. The number of rotatable bonds is 2. The van der Waals surface area contributed by atoms with E-state index in [-0.39, 0.29) is 18.1 Å². The maximum Gasteiger partial charge on any atom is 0.341 e. The third-order valence-corrected chi connectivity index (χ3v) is 15.0. The van der Waals surface area contributed by atoms with Gasteiger partial charge in [0.25, 0.3) is 0 Å². The second kappa shape index (κ2) is 8.60. The molecule has 21 atom stereocenters. The first-order valence-corrected chi connectivity index (χ1v) is 16.5. The average molecular weight is 635 g/mol. The highest BCUT2D eigenvalue weighted by molar-refractivity contribution is 5.84. The molecule has 1 spiro atoms. The minimum atomic E-state index is -2.00. The maximum absolute atomic E-state index is 13.2. The predicted molar refractivity (Wildman–Crippen MR) is 150 cm³/mol. The van der Waals surface area contributed by atoms with Gasteiger partial charge >= 0.3 is 17.9 Å². The quantitative estimate of drug-likeness (QED) is 0.188. The van der Waals surface area contributed by atoms with Crippen LogP contribution in [0.1, 0.15) is 61.8 Å². The number of hydrogen-bond donors (Lipinski definition) is 4. The zero-order chi connectivity index (χ0) is 32.7. The molecule has 45 heavy (non-hydrogen) atoms. The lowest BCUT2D eigenvalue weighted by molar-refractivity contribution is -0.284. The van der Waals surface area contributed by atoms with E-state index in [9.17, 15) is 34.8 Å². The first-order chi connectivity index (χ1) is 20.8. The van der Waals surface area contributed by atoms with E-state index in [4.69, 9.17) is 23.7 Å². The Labute approximate surface area is 262 Å². The fourth-order valence-electron chi connectivity index (χ4n) is 13.4. The number of fused-ring (bicyclic) bond motifs is 9. The zero-order valence-corrected chi connectivity index (χ0v) is 27.0. The summed E-state index contributed by atoms with van der Waals surface area (Å²) in [6.45, 7) is 13.7. The molecule has 3 heterocycles. The van der Waals surface area contributed by atoms with Crippen molar-refractivity contribution in [2.45, 2.75) is 122 Å². The van der Waals surface area contributed by atoms with Crippen molar-refractivity contribution in [3.05, 3.63) is 0 Å². The molecule has 0 aromatic heterocycles. The fourth-order valence-corrected chi connectivity index (χ4v) is 13.4. The van der Waals surface area contributed by atoms with Gasteiger partial charge < -0.3 is 44.1 Å². The van der Waals surface area contributed by atoms with E-state index in [1.165, 1.54) is 20.8 Å². The van der Waals surface area contributed by atoms with E-state index >= 15 is 0 Å².